The number of nitrogens with one attached hydrogen (secondary N) is 2. The molecule has 1 fully saturated rings. The van der Waals surface area contributed by atoms with E-state index in [1.54, 1.807) is 0 Å². The molecule has 0 radical (unpaired) electrons. The van der Waals surface area contributed by atoms with Crippen molar-refractivity contribution in [2.75, 3.05) is 6.54 Å². The summed E-state index contributed by atoms with van der Waals surface area (Å²) in [4.78, 5) is 29.3. The molecule has 0 aliphatic heterocycles. The summed E-state index contributed by atoms with van der Waals surface area (Å²) < 4.78 is 71.3. The summed E-state index contributed by atoms with van der Waals surface area (Å²) in [5.74, 6) is -4.87. The van der Waals surface area contributed by atoms with Gasteiger partial charge in [-0.25, -0.2) is 8.78 Å². The standard InChI is InChI=1S/C24H18Cl3F5N4O2S/c1-2-36(19(24(30,31)32)11-7-13(26)18(29)16(27)17(11)28)21(38)15-6-9-5-10(12(25)8-14(9)34-15)20(37)35-23(3-4-23)22(33)39/h5-8,19,34H,2-4H2,1H3,(H2,33,39)(H,35,37). The first-order valence-electron chi connectivity index (χ1n) is 11.3. The predicted octanol–water partition coefficient (Wildman–Crippen LogP) is 6.72. The number of H-pyrrole nitrogens is 1. The van der Waals surface area contributed by atoms with E-state index in [-0.39, 0.29) is 32.2 Å². The van der Waals surface area contributed by atoms with Crippen molar-refractivity contribution in [2.24, 2.45) is 5.73 Å². The average Bonchev–Trinajstić information content (AvgIpc) is 3.52. The molecule has 4 N–H and O–H groups in total. The summed E-state index contributed by atoms with van der Waals surface area (Å²) >= 11 is 22.4. The van der Waals surface area contributed by atoms with Gasteiger partial charge in [0.15, 0.2) is 17.7 Å². The second-order valence-corrected chi connectivity index (χ2v) is 10.6. The first kappa shape index (κ1) is 29.3. The van der Waals surface area contributed by atoms with Crippen LogP contribution in [-0.4, -0.2) is 44.9 Å². The van der Waals surface area contributed by atoms with Crippen LogP contribution in [0.4, 0.5) is 22.0 Å². The maximum atomic E-state index is 14.7. The molecule has 0 bridgehead atoms. The van der Waals surface area contributed by atoms with Crippen LogP contribution in [0.15, 0.2) is 24.3 Å². The van der Waals surface area contributed by atoms with E-state index < -0.39 is 63.4 Å². The summed E-state index contributed by atoms with van der Waals surface area (Å²) in [7, 11) is 0. The number of hydrogen-bond donors (Lipinski definition) is 3. The number of carbonyl (C=O) groups is 2. The van der Waals surface area contributed by atoms with Gasteiger partial charge in [-0.2, -0.15) is 13.2 Å². The van der Waals surface area contributed by atoms with Crippen LogP contribution in [-0.2, 0) is 0 Å². The Bertz CT molecular complexity index is 1520. The summed E-state index contributed by atoms with van der Waals surface area (Å²) in [6.07, 6.45) is -4.07. The number of halogens is 8. The van der Waals surface area contributed by atoms with E-state index in [2.05, 4.69) is 10.3 Å². The van der Waals surface area contributed by atoms with E-state index in [4.69, 9.17) is 52.8 Å². The van der Waals surface area contributed by atoms with Crippen LogP contribution in [0.25, 0.3) is 10.9 Å². The molecule has 4 rings (SSSR count). The Morgan fingerprint density at radius 2 is 1.77 bits per heavy atom. The summed E-state index contributed by atoms with van der Waals surface area (Å²) in [5.41, 5.74) is 3.73. The van der Waals surface area contributed by atoms with E-state index in [0.29, 0.717) is 23.8 Å². The molecule has 208 valence electrons. The second-order valence-electron chi connectivity index (χ2n) is 8.93. The second kappa shape index (κ2) is 10.4. The van der Waals surface area contributed by atoms with Crippen molar-refractivity contribution < 1.29 is 31.5 Å². The van der Waals surface area contributed by atoms with Gasteiger partial charge < -0.3 is 20.9 Å². The molecule has 1 saturated carbocycles. The molecule has 2 aromatic carbocycles. The van der Waals surface area contributed by atoms with Crippen LogP contribution in [0.5, 0.6) is 0 Å². The monoisotopic (exact) mass is 626 g/mol. The number of nitrogens with two attached hydrogens (primary N) is 1. The fourth-order valence-electron chi connectivity index (χ4n) is 4.20. The van der Waals surface area contributed by atoms with Crippen molar-refractivity contribution in [2.45, 2.75) is 37.5 Å². The number of nitrogens with zero attached hydrogens (tertiary/aromatic N) is 1. The molecule has 1 aromatic heterocycles. The van der Waals surface area contributed by atoms with Gasteiger partial charge in [0.25, 0.3) is 11.8 Å². The van der Waals surface area contributed by atoms with Crippen molar-refractivity contribution in [1.29, 1.82) is 0 Å². The van der Waals surface area contributed by atoms with E-state index in [9.17, 15) is 31.5 Å². The van der Waals surface area contributed by atoms with Gasteiger partial charge in [0.05, 0.1) is 26.1 Å². The molecular weight excluding hydrogens is 610 g/mol. The highest BCUT2D eigenvalue weighted by atomic mass is 35.5. The minimum Gasteiger partial charge on any atom is -0.391 e. The highest BCUT2D eigenvalue weighted by molar-refractivity contribution is 7.80. The third kappa shape index (κ3) is 5.39. The Hall–Kier alpha value is -2.67. The first-order chi connectivity index (χ1) is 18.1. The largest absolute Gasteiger partial charge is 0.413 e. The van der Waals surface area contributed by atoms with Crippen LogP contribution in [0.2, 0.25) is 15.1 Å². The lowest BCUT2D eigenvalue weighted by molar-refractivity contribution is -0.179. The zero-order valence-electron chi connectivity index (χ0n) is 19.8. The molecule has 6 nitrogen and oxygen atoms in total. The minimum atomic E-state index is -5.19. The van der Waals surface area contributed by atoms with Gasteiger partial charge in [-0.3, -0.25) is 9.59 Å². The van der Waals surface area contributed by atoms with Gasteiger partial charge in [0.1, 0.15) is 10.7 Å². The molecule has 1 atom stereocenters. The first-order valence-corrected chi connectivity index (χ1v) is 12.8. The number of amides is 2. The summed E-state index contributed by atoms with van der Waals surface area (Å²) in [6, 6.07) is 1.51. The topological polar surface area (TPSA) is 91.2 Å². The number of hydrogen-bond acceptors (Lipinski definition) is 3. The fourth-order valence-corrected chi connectivity index (χ4v) is 5.17. The van der Waals surface area contributed by atoms with Gasteiger partial charge >= 0.3 is 6.18 Å². The fraction of sp³-hybridized carbons (Fsp3) is 0.292. The van der Waals surface area contributed by atoms with E-state index >= 15 is 0 Å². The average molecular weight is 628 g/mol. The van der Waals surface area contributed by atoms with Crippen LogP contribution in [0.1, 0.15) is 52.2 Å². The van der Waals surface area contributed by atoms with Gasteiger partial charge in [0, 0.05) is 23.0 Å². The third-order valence-electron chi connectivity index (χ3n) is 6.41. The molecule has 1 aliphatic rings. The van der Waals surface area contributed by atoms with E-state index in [1.807, 2.05) is 0 Å². The Balaban J connectivity index is 1.73. The van der Waals surface area contributed by atoms with Crippen molar-refractivity contribution in [3.8, 4) is 0 Å². The molecule has 15 heteroatoms. The van der Waals surface area contributed by atoms with Crippen LogP contribution in [0.3, 0.4) is 0 Å². The zero-order chi connectivity index (χ0) is 29.0. The van der Waals surface area contributed by atoms with E-state index in [0.717, 1.165) is 0 Å². The molecule has 1 aliphatic carbocycles. The molecule has 0 spiro atoms. The van der Waals surface area contributed by atoms with E-state index in [1.165, 1.54) is 25.1 Å². The lowest BCUT2D eigenvalue weighted by Gasteiger charge is -2.33. The van der Waals surface area contributed by atoms with Gasteiger partial charge in [-0.15, -0.1) is 0 Å². The number of benzene rings is 2. The maximum absolute atomic E-state index is 14.7. The smallest absolute Gasteiger partial charge is 0.391 e. The maximum Gasteiger partial charge on any atom is 0.413 e. The molecule has 3 aromatic rings. The Morgan fingerprint density at radius 3 is 2.31 bits per heavy atom. The summed E-state index contributed by atoms with van der Waals surface area (Å²) in [6.45, 7) is 0.721. The Morgan fingerprint density at radius 1 is 1.13 bits per heavy atom. The quantitative estimate of drug-likeness (QED) is 0.117. The molecule has 1 unspecified atom stereocenters. The molecule has 2 amide bonds. The van der Waals surface area contributed by atoms with Crippen molar-refractivity contribution in [1.82, 2.24) is 15.2 Å². The van der Waals surface area contributed by atoms with Gasteiger partial charge in [0.2, 0.25) is 0 Å². The molecular formula is C24H18Cl3F5N4O2S. The predicted molar refractivity (Wildman–Crippen MR) is 141 cm³/mol. The van der Waals surface area contributed by atoms with Crippen LogP contribution in [0, 0.1) is 11.6 Å². The Kier molecular flexibility index (Phi) is 7.80. The molecule has 39 heavy (non-hydrogen) atoms. The van der Waals surface area contributed by atoms with Gasteiger partial charge in [-0.05, 0) is 44.0 Å². The van der Waals surface area contributed by atoms with Crippen molar-refractivity contribution >= 4 is 74.7 Å². The number of rotatable bonds is 7. The van der Waals surface area contributed by atoms with Gasteiger partial charge in [-0.1, -0.05) is 47.0 Å². The SMILES string of the molecule is CCN(C(=O)c1cc2cc(C(=O)NC3(C(N)=S)CC3)c(Cl)cc2[nH]1)C(c1cc(Cl)c(F)c(Cl)c1F)C(F)(F)F. The van der Waals surface area contributed by atoms with Crippen molar-refractivity contribution in [3.63, 3.8) is 0 Å². The number of aromatic nitrogens is 1. The number of fused-ring (bicyclic) bond motifs is 1. The zero-order valence-corrected chi connectivity index (χ0v) is 22.9. The highest BCUT2D eigenvalue weighted by Crippen LogP contribution is 2.43. The van der Waals surface area contributed by atoms with Crippen LogP contribution < -0.4 is 11.1 Å². The third-order valence-corrected chi connectivity index (χ3v) is 7.72. The van der Waals surface area contributed by atoms with Crippen molar-refractivity contribution in [3.05, 3.63) is 67.8 Å². The Labute approximate surface area is 238 Å². The lowest BCUT2D eigenvalue weighted by atomic mass is 10.0. The number of thiocarbonyl (C=S) groups is 1. The minimum absolute atomic E-state index is 0.00206. The molecule has 0 saturated heterocycles. The number of alkyl halides is 3. The lowest BCUT2D eigenvalue weighted by Crippen LogP contribution is -2.45. The van der Waals surface area contributed by atoms with Crippen LogP contribution >= 0.6 is 47.0 Å². The normalized spacial score (nSPS) is 15.2. The number of carbonyl (C=O) groups excluding carboxylic acids is 2. The molecule has 1 heterocycles. The highest BCUT2D eigenvalue weighted by Gasteiger charge is 2.49. The number of aromatic amines is 1. The summed E-state index contributed by atoms with van der Waals surface area (Å²) in [5, 5.41) is 0.936.